The molecular weight excluding hydrogens is 276 g/mol. The lowest BCUT2D eigenvalue weighted by atomic mass is 10.2. The first-order valence-corrected chi connectivity index (χ1v) is 8.69. The number of carbonyl (C=O) groups excluding carboxylic acids is 1. The van der Waals surface area contributed by atoms with Gasteiger partial charge in [-0.3, -0.25) is 0 Å². The van der Waals surface area contributed by atoms with Gasteiger partial charge >= 0.3 is 6.09 Å². The summed E-state index contributed by atoms with van der Waals surface area (Å²) < 4.78 is 21.3. The molecule has 0 radical (unpaired) electrons. The fourth-order valence-corrected chi connectivity index (χ4v) is 3.81. The summed E-state index contributed by atoms with van der Waals surface area (Å²) in [6, 6.07) is 9.37. The van der Waals surface area contributed by atoms with Gasteiger partial charge in [0.1, 0.15) is 6.61 Å². The maximum Gasteiger partial charge on any atom is 0.442 e. The molecule has 0 spiro atoms. The van der Waals surface area contributed by atoms with Crippen molar-refractivity contribution in [1.29, 1.82) is 0 Å². The molecule has 1 aromatic carbocycles. The molecule has 1 atom stereocenters. The molecule has 0 aromatic heterocycles. The van der Waals surface area contributed by atoms with E-state index >= 15 is 0 Å². The Morgan fingerprint density at radius 2 is 2.00 bits per heavy atom. The standard InChI is InChI=1S/C14H20N2O3S/c1-20(18,13-7-9-15-10-8-13)16-14(17)19-11-12-5-3-2-4-6-12/h2-6,13,15H,7-11H2,1H3. The summed E-state index contributed by atoms with van der Waals surface area (Å²) in [5.41, 5.74) is 0.889. The average Bonchev–Trinajstić information content (AvgIpc) is 2.47. The van der Waals surface area contributed by atoms with Crippen molar-refractivity contribution >= 4 is 15.8 Å². The molecule has 0 aliphatic carbocycles. The predicted octanol–water partition coefficient (Wildman–Crippen LogP) is 2.17. The van der Waals surface area contributed by atoms with E-state index in [-0.39, 0.29) is 11.9 Å². The van der Waals surface area contributed by atoms with E-state index in [0.29, 0.717) is 0 Å². The molecule has 1 fully saturated rings. The fourth-order valence-electron chi connectivity index (χ4n) is 2.20. The van der Waals surface area contributed by atoms with Crippen molar-refractivity contribution in [2.45, 2.75) is 24.7 Å². The summed E-state index contributed by atoms with van der Waals surface area (Å²) >= 11 is 0. The molecule has 1 aliphatic rings. The molecule has 110 valence electrons. The van der Waals surface area contributed by atoms with Crippen LogP contribution in [0.25, 0.3) is 0 Å². The quantitative estimate of drug-likeness (QED) is 0.928. The van der Waals surface area contributed by atoms with Crippen molar-refractivity contribution in [3.63, 3.8) is 0 Å². The molecule has 2 rings (SSSR count). The van der Waals surface area contributed by atoms with Crippen molar-refractivity contribution in [1.82, 2.24) is 5.32 Å². The van der Waals surface area contributed by atoms with E-state index in [1.165, 1.54) is 0 Å². The Morgan fingerprint density at radius 1 is 1.35 bits per heavy atom. The molecular formula is C14H20N2O3S. The van der Waals surface area contributed by atoms with E-state index in [0.717, 1.165) is 31.5 Å². The van der Waals surface area contributed by atoms with Gasteiger partial charge in [0.05, 0.1) is 9.73 Å². The van der Waals surface area contributed by atoms with E-state index in [1.807, 2.05) is 30.3 Å². The molecule has 6 heteroatoms. The monoisotopic (exact) mass is 296 g/mol. The first kappa shape index (κ1) is 15.0. The van der Waals surface area contributed by atoms with Crippen LogP contribution in [0.1, 0.15) is 18.4 Å². The molecule has 1 amide bonds. The SMILES string of the molecule is CS(=O)(=NC(=O)OCc1ccccc1)C1CCNCC1. The van der Waals surface area contributed by atoms with Gasteiger partial charge in [-0.05, 0) is 31.5 Å². The largest absolute Gasteiger partial charge is 0.443 e. The highest BCUT2D eigenvalue weighted by Crippen LogP contribution is 2.15. The van der Waals surface area contributed by atoms with Crippen LogP contribution in [0.15, 0.2) is 34.7 Å². The minimum Gasteiger partial charge on any atom is -0.443 e. The minimum absolute atomic E-state index is 0.0342. The van der Waals surface area contributed by atoms with Crippen LogP contribution >= 0.6 is 0 Å². The van der Waals surface area contributed by atoms with Crippen molar-refractivity contribution < 1.29 is 13.7 Å². The second kappa shape index (κ2) is 6.85. The number of hydrogen-bond acceptors (Lipinski definition) is 4. The number of amides is 1. The highest BCUT2D eigenvalue weighted by Gasteiger charge is 2.23. The highest BCUT2D eigenvalue weighted by molar-refractivity contribution is 7.93. The molecule has 5 nitrogen and oxygen atoms in total. The zero-order valence-electron chi connectivity index (χ0n) is 11.6. The van der Waals surface area contributed by atoms with Crippen molar-refractivity contribution in [2.24, 2.45) is 4.36 Å². The Hall–Kier alpha value is -1.40. The van der Waals surface area contributed by atoms with Crippen molar-refractivity contribution in [2.75, 3.05) is 19.3 Å². The number of nitrogens with zero attached hydrogens (tertiary/aromatic N) is 1. The van der Waals surface area contributed by atoms with Gasteiger partial charge in [-0.25, -0.2) is 9.00 Å². The number of rotatable bonds is 3. The van der Waals surface area contributed by atoms with Gasteiger partial charge in [-0.15, -0.1) is 4.36 Å². The van der Waals surface area contributed by atoms with Gasteiger partial charge in [0.2, 0.25) is 0 Å². The maximum atomic E-state index is 12.5. The summed E-state index contributed by atoms with van der Waals surface area (Å²) in [7, 11) is -2.53. The molecule has 20 heavy (non-hydrogen) atoms. The number of ether oxygens (including phenoxy) is 1. The van der Waals surface area contributed by atoms with Crippen LogP contribution in [0, 0.1) is 0 Å². The third kappa shape index (κ3) is 4.31. The summed E-state index contributed by atoms with van der Waals surface area (Å²) in [6.45, 7) is 1.80. The van der Waals surface area contributed by atoms with Crippen molar-refractivity contribution in [3.05, 3.63) is 35.9 Å². The lowest BCUT2D eigenvalue weighted by Gasteiger charge is -2.23. The molecule has 1 unspecified atom stereocenters. The fraction of sp³-hybridized carbons (Fsp3) is 0.500. The summed E-state index contributed by atoms with van der Waals surface area (Å²) in [5.74, 6) is 0. The Labute approximate surface area is 119 Å². The minimum atomic E-state index is -2.53. The normalized spacial score (nSPS) is 19.1. The van der Waals surface area contributed by atoms with E-state index in [9.17, 15) is 9.00 Å². The molecule has 1 aliphatic heterocycles. The molecule has 0 saturated carbocycles. The molecule has 1 heterocycles. The molecule has 0 bridgehead atoms. The van der Waals surface area contributed by atoms with E-state index in [2.05, 4.69) is 9.68 Å². The lowest BCUT2D eigenvalue weighted by Crippen LogP contribution is -2.35. The number of carbonyl (C=O) groups is 1. The zero-order valence-corrected chi connectivity index (χ0v) is 12.4. The second-order valence-corrected chi connectivity index (χ2v) is 7.51. The van der Waals surface area contributed by atoms with Gasteiger partial charge in [0.15, 0.2) is 0 Å². The van der Waals surface area contributed by atoms with Crippen LogP contribution in [-0.2, 0) is 21.1 Å². The third-order valence-electron chi connectivity index (χ3n) is 3.37. The van der Waals surface area contributed by atoms with Gasteiger partial charge in [0.25, 0.3) is 0 Å². The molecule has 1 saturated heterocycles. The van der Waals surface area contributed by atoms with Gasteiger partial charge < -0.3 is 10.1 Å². The van der Waals surface area contributed by atoms with Crippen LogP contribution < -0.4 is 5.32 Å². The van der Waals surface area contributed by atoms with Crippen molar-refractivity contribution in [3.8, 4) is 0 Å². The van der Waals surface area contributed by atoms with E-state index in [1.54, 1.807) is 6.26 Å². The molecule has 1 aromatic rings. The van der Waals surface area contributed by atoms with E-state index in [4.69, 9.17) is 4.74 Å². The zero-order chi connectivity index (χ0) is 14.4. The van der Waals surface area contributed by atoms with Gasteiger partial charge in [-0.2, -0.15) is 0 Å². The first-order valence-electron chi connectivity index (χ1n) is 6.70. The highest BCUT2D eigenvalue weighted by atomic mass is 32.2. The summed E-state index contributed by atoms with van der Waals surface area (Å²) in [5, 5.41) is 3.17. The number of piperidine rings is 1. The number of nitrogens with one attached hydrogen (secondary N) is 1. The van der Waals surface area contributed by atoms with E-state index < -0.39 is 15.8 Å². The Kier molecular flexibility index (Phi) is 5.14. The van der Waals surface area contributed by atoms with Crippen LogP contribution in [-0.4, -0.2) is 34.9 Å². The van der Waals surface area contributed by atoms with Gasteiger partial charge in [0, 0.05) is 11.5 Å². The predicted molar refractivity (Wildman–Crippen MR) is 79.0 cm³/mol. The Morgan fingerprint density at radius 3 is 2.65 bits per heavy atom. The van der Waals surface area contributed by atoms with Crippen LogP contribution in [0.5, 0.6) is 0 Å². The summed E-state index contributed by atoms with van der Waals surface area (Å²) in [6.07, 6.45) is 2.38. The summed E-state index contributed by atoms with van der Waals surface area (Å²) in [4.78, 5) is 11.7. The Balaban J connectivity index is 1.94. The van der Waals surface area contributed by atoms with Crippen LogP contribution in [0.3, 0.4) is 0 Å². The number of hydrogen-bond donors (Lipinski definition) is 1. The van der Waals surface area contributed by atoms with Crippen LogP contribution in [0.2, 0.25) is 0 Å². The smallest absolute Gasteiger partial charge is 0.442 e. The molecule has 1 N–H and O–H groups in total. The topological polar surface area (TPSA) is 67.8 Å². The first-order chi connectivity index (χ1) is 9.58. The maximum absolute atomic E-state index is 12.5. The lowest BCUT2D eigenvalue weighted by molar-refractivity contribution is 0.151. The third-order valence-corrected chi connectivity index (χ3v) is 5.59. The Bertz CT molecular complexity index is 559. The van der Waals surface area contributed by atoms with Crippen LogP contribution in [0.4, 0.5) is 4.79 Å². The van der Waals surface area contributed by atoms with Gasteiger partial charge in [-0.1, -0.05) is 30.3 Å². The average molecular weight is 296 g/mol. The number of benzene rings is 1. The second-order valence-electron chi connectivity index (χ2n) is 4.94.